The van der Waals surface area contributed by atoms with Gasteiger partial charge in [-0.25, -0.2) is 0 Å². The first-order valence-electron chi connectivity index (χ1n) is 4.59. The molecule has 16 heavy (non-hydrogen) atoms. The predicted octanol–water partition coefficient (Wildman–Crippen LogP) is 2.26. The number of nitrogens with zero attached hydrogens (tertiary/aromatic N) is 1. The van der Waals surface area contributed by atoms with Crippen molar-refractivity contribution in [1.29, 1.82) is 5.41 Å². The molecule has 0 unspecified atom stereocenters. The molecule has 1 aromatic heterocycles. The second kappa shape index (κ2) is 3.52. The number of aromatic nitrogens is 1. The zero-order chi connectivity index (χ0) is 11.8. The van der Waals surface area contributed by atoms with Gasteiger partial charge in [0.2, 0.25) is 0 Å². The molecule has 3 N–H and O–H groups in total. The maximum Gasteiger partial charge on any atom is 0.328 e. The lowest BCUT2D eigenvalue weighted by molar-refractivity contribution is 0.0736. The van der Waals surface area contributed by atoms with Crippen LogP contribution in [0.4, 0.5) is 8.78 Å². The van der Waals surface area contributed by atoms with Gasteiger partial charge in [-0.15, -0.1) is 0 Å². The Morgan fingerprint density at radius 3 is 2.75 bits per heavy atom. The molecule has 0 spiro atoms. The average molecular weight is 221 g/mol. The lowest BCUT2D eigenvalue weighted by Gasteiger charge is -2.14. The van der Waals surface area contributed by atoms with E-state index < -0.39 is 11.8 Å². The summed E-state index contributed by atoms with van der Waals surface area (Å²) in [5, 5.41) is 7.45. The zero-order valence-electron chi connectivity index (χ0n) is 8.24. The molecule has 0 aliphatic heterocycles. The number of pyridine rings is 1. The fraction of sp³-hybridized carbons (Fsp3) is 0.0909. The van der Waals surface area contributed by atoms with Gasteiger partial charge in [-0.05, 0) is 18.2 Å². The van der Waals surface area contributed by atoms with Crippen molar-refractivity contribution in [2.75, 3.05) is 0 Å². The van der Waals surface area contributed by atoms with Crippen molar-refractivity contribution < 1.29 is 8.78 Å². The first-order valence-corrected chi connectivity index (χ1v) is 4.59. The summed E-state index contributed by atoms with van der Waals surface area (Å²) >= 11 is 0. The monoisotopic (exact) mass is 221 g/mol. The maximum atomic E-state index is 13.4. The Morgan fingerprint density at radius 2 is 2.06 bits per heavy atom. The van der Waals surface area contributed by atoms with E-state index >= 15 is 0 Å². The van der Waals surface area contributed by atoms with Gasteiger partial charge >= 0.3 is 5.92 Å². The summed E-state index contributed by atoms with van der Waals surface area (Å²) in [6.07, 6.45) is 1.59. The summed E-state index contributed by atoms with van der Waals surface area (Å²) in [7, 11) is 0. The average Bonchev–Trinajstić information content (AvgIpc) is 2.28. The Bertz CT molecular complexity index is 552. The molecule has 0 aliphatic rings. The van der Waals surface area contributed by atoms with Crippen LogP contribution >= 0.6 is 0 Å². The van der Waals surface area contributed by atoms with Gasteiger partial charge in [0.05, 0.1) is 5.52 Å². The first kappa shape index (κ1) is 10.5. The van der Waals surface area contributed by atoms with E-state index in [1.54, 1.807) is 18.3 Å². The molecule has 2 aromatic rings. The van der Waals surface area contributed by atoms with Crippen molar-refractivity contribution in [2.45, 2.75) is 5.92 Å². The van der Waals surface area contributed by atoms with Crippen LogP contribution in [0.5, 0.6) is 0 Å². The molecule has 0 aliphatic carbocycles. The molecule has 5 heteroatoms. The molecule has 0 amide bonds. The molecule has 0 saturated carbocycles. The topological polar surface area (TPSA) is 62.8 Å². The van der Waals surface area contributed by atoms with E-state index in [9.17, 15) is 8.78 Å². The number of nitrogens with two attached hydrogens (primary N) is 1. The highest BCUT2D eigenvalue weighted by Gasteiger charge is 2.35. The van der Waals surface area contributed by atoms with Crippen LogP contribution in [0.25, 0.3) is 10.9 Å². The summed E-state index contributed by atoms with van der Waals surface area (Å²) in [4.78, 5) is 4.02. The minimum absolute atomic E-state index is 0.291. The second-order valence-electron chi connectivity index (χ2n) is 3.40. The third kappa shape index (κ3) is 1.60. The van der Waals surface area contributed by atoms with E-state index in [0.717, 1.165) is 0 Å². The number of hydrogen-bond acceptors (Lipinski definition) is 2. The Hall–Kier alpha value is -2.04. The number of fused-ring (bicyclic) bond motifs is 1. The molecule has 1 heterocycles. The molecule has 0 saturated heterocycles. The minimum atomic E-state index is -3.43. The van der Waals surface area contributed by atoms with Gasteiger partial charge in [0.15, 0.2) is 5.84 Å². The molecule has 82 valence electrons. The normalized spacial score (nSPS) is 11.6. The fourth-order valence-corrected chi connectivity index (χ4v) is 1.43. The van der Waals surface area contributed by atoms with Crippen molar-refractivity contribution in [2.24, 2.45) is 5.73 Å². The summed E-state index contributed by atoms with van der Waals surface area (Å²) in [6.45, 7) is 0. The molecular formula is C11H9F2N3. The van der Waals surface area contributed by atoms with Crippen LogP contribution in [0.15, 0.2) is 36.5 Å². The van der Waals surface area contributed by atoms with E-state index in [1.165, 1.54) is 18.2 Å². The molecule has 0 fully saturated rings. The number of benzene rings is 1. The van der Waals surface area contributed by atoms with Gasteiger partial charge < -0.3 is 5.73 Å². The lowest BCUT2D eigenvalue weighted by Crippen LogP contribution is -2.32. The van der Waals surface area contributed by atoms with Gasteiger partial charge in [-0.2, -0.15) is 8.78 Å². The SMILES string of the molecule is N=C(N)C(F)(F)c1ccc2ncccc2c1. The summed E-state index contributed by atoms with van der Waals surface area (Å²) in [5.74, 6) is -4.58. The number of hydrogen-bond donors (Lipinski definition) is 2. The highest BCUT2D eigenvalue weighted by molar-refractivity contribution is 5.88. The molecule has 3 nitrogen and oxygen atoms in total. The Balaban J connectivity index is 2.59. The highest BCUT2D eigenvalue weighted by atomic mass is 19.3. The lowest BCUT2D eigenvalue weighted by atomic mass is 10.0. The molecule has 1 aromatic carbocycles. The van der Waals surface area contributed by atoms with Gasteiger partial charge in [0.25, 0.3) is 0 Å². The summed E-state index contributed by atoms with van der Waals surface area (Å²) in [5.41, 5.74) is 5.20. The summed E-state index contributed by atoms with van der Waals surface area (Å²) < 4.78 is 26.9. The van der Waals surface area contributed by atoms with Crippen molar-refractivity contribution in [3.63, 3.8) is 0 Å². The fourth-order valence-electron chi connectivity index (χ4n) is 1.43. The van der Waals surface area contributed by atoms with Crippen molar-refractivity contribution >= 4 is 16.7 Å². The molecule has 0 radical (unpaired) electrons. The largest absolute Gasteiger partial charge is 0.382 e. The van der Waals surface area contributed by atoms with Crippen LogP contribution in [0.1, 0.15) is 5.56 Å². The van der Waals surface area contributed by atoms with Crippen LogP contribution in [0.2, 0.25) is 0 Å². The second-order valence-corrected chi connectivity index (χ2v) is 3.40. The van der Waals surface area contributed by atoms with Crippen LogP contribution in [-0.2, 0) is 5.92 Å². The number of rotatable bonds is 2. The number of halogens is 2. The third-order valence-corrected chi connectivity index (χ3v) is 2.30. The van der Waals surface area contributed by atoms with Gasteiger partial charge in [0, 0.05) is 17.1 Å². The van der Waals surface area contributed by atoms with Crippen molar-refractivity contribution in [3.05, 3.63) is 42.1 Å². The highest BCUT2D eigenvalue weighted by Crippen LogP contribution is 2.29. The third-order valence-electron chi connectivity index (χ3n) is 2.30. The van der Waals surface area contributed by atoms with Crippen LogP contribution in [-0.4, -0.2) is 10.8 Å². The first-order chi connectivity index (χ1) is 7.51. The van der Waals surface area contributed by atoms with E-state index in [0.29, 0.717) is 10.9 Å². The van der Waals surface area contributed by atoms with Gasteiger partial charge in [0.1, 0.15) is 0 Å². The predicted molar refractivity (Wildman–Crippen MR) is 57.6 cm³/mol. The van der Waals surface area contributed by atoms with Crippen molar-refractivity contribution in [3.8, 4) is 0 Å². The van der Waals surface area contributed by atoms with Gasteiger partial charge in [-0.1, -0.05) is 12.1 Å². The van der Waals surface area contributed by atoms with E-state index in [-0.39, 0.29) is 5.56 Å². The number of alkyl halides is 2. The molecule has 0 atom stereocenters. The standard InChI is InChI=1S/C11H9F2N3/c12-11(13,10(14)15)8-3-4-9-7(6-8)2-1-5-16-9/h1-6H,(H3,14,15). The molecular weight excluding hydrogens is 212 g/mol. The smallest absolute Gasteiger partial charge is 0.328 e. The van der Waals surface area contributed by atoms with E-state index in [4.69, 9.17) is 11.1 Å². The maximum absolute atomic E-state index is 13.4. The van der Waals surface area contributed by atoms with Crippen molar-refractivity contribution in [1.82, 2.24) is 4.98 Å². The minimum Gasteiger partial charge on any atom is -0.382 e. The Morgan fingerprint density at radius 1 is 1.31 bits per heavy atom. The van der Waals surface area contributed by atoms with Crippen LogP contribution < -0.4 is 5.73 Å². The van der Waals surface area contributed by atoms with E-state index in [1.807, 2.05) is 0 Å². The summed E-state index contributed by atoms with van der Waals surface area (Å²) in [6, 6.07) is 7.36. The Kier molecular flexibility index (Phi) is 2.30. The number of nitrogens with one attached hydrogen (secondary N) is 1. The zero-order valence-corrected chi connectivity index (χ0v) is 8.24. The van der Waals surface area contributed by atoms with E-state index in [2.05, 4.69) is 4.98 Å². The molecule has 0 bridgehead atoms. The number of amidine groups is 1. The van der Waals surface area contributed by atoms with Gasteiger partial charge in [-0.3, -0.25) is 10.4 Å². The van der Waals surface area contributed by atoms with Crippen LogP contribution in [0, 0.1) is 5.41 Å². The van der Waals surface area contributed by atoms with Crippen LogP contribution in [0.3, 0.4) is 0 Å². The molecule has 2 rings (SSSR count). The quantitative estimate of drug-likeness (QED) is 0.603. The Labute approximate surface area is 90.4 Å².